The van der Waals surface area contributed by atoms with E-state index in [0.29, 0.717) is 34.1 Å². The van der Waals surface area contributed by atoms with E-state index in [-0.39, 0.29) is 5.91 Å². The Morgan fingerprint density at radius 3 is 2.24 bits per heavy atom. The first kappa shape index (κ1) is 18.1. The summed E-state index contributed by atoms with van der Waals surface area (Å²) in [6.45, 7) is 0. The lowest BCUT2D eigenvalue weighted by Crippen LogP contribution is -2.17. The molecular weight excluding hydrogens is 324 g/mol. The van der Waals surface area contributed by atoms with Crippen molar-refractivity contribution < 1.29 is 23.7 Å². The summed E-state index contributed by atoms with van der Waals surface area (Å²) >= 11 is 0. The van der Waals surface area contributed by atoms with Crippen LogP contribution in [0.25, 0.3) is 0 Å². The van der Waals surface area contributed by atoms with Gasteiger partial charge in [0.05, 0.1) is 34.7 Å². The Morgan fingerprint density at radius 2 is 1.60 bits per heavy atom. The SMILES string of the molecule is COc1cccc(C(=O)NN=Cc2cc(OC)c(OC)cc2OC)c1. The summed E-state index contributed by atoms with van der Waals surface area (Å²) in [5, 5.41) is 3.97. The smallest absolute Gasteiger partial charge is 0.271 e. The largest absolute Gasteiger partial charge is 0.497 e. The van der Waals surface area contributed by atoms with Crippen molar-refractivity contribution in [3.63, 3.8) is 0 Å². The van der Waals surface area contributed by atoms with Gasteiger partial charge in [0.25, 0.3) is 5.91 Å². The van der Waals surface area contributed by atoms with Crippen molar-refractivity contribution in [1.82, 2.24) is 5.43 Å². The molecular formula is C18H20N2O5. The fraction of sp³-hybridized carbons (Fsp3) is 0.222. The molecule has 0 saturated heterocycles. The van der Waals surface area contributed by atoms with E-state index < -0.39 is 0 Å². The first-order valence-electron chi connectivity index (χ1n) is 7.40. The van der Waals surface area contributed by atoms with Gasteiger partial charge in [-0.15, -0.1) is 0 Å². The molecule has 0 fully saturated rings. The number of carbonyl (C=O) groups excluding carboxylic acids is 1. The van der Waals surface area contributed by atoms with Crippen molar-refractivity contribution in [2.24, 2.45) is 5.10 Å². The van der Waals surface area contributed by atoms with Crippen LogP contribution in [0.4, 0.5) is 0 Å². The topological polar surface area (TPSA) is 78.4 Å². The van der Waals surface area contributed by atoms with E-state index in [1.807, 2.05) is 0 Å². The van der Waals surface area contributed by atoms with Gasteiger partial charge < -0.3 is 18.9 Å². The van der Waals surface area contributed by atoms with Crippen molar-refractivity contribution in [2.45, 2.75) is 0 Å². The zero-order chi connectivity index (χ0) is 18.2. The van der Waals surface area contributed by atoms with Crippen LogP contribution in [0.3, 0.4) is 0 Å². The summed E-state index contributed by atoms with van der Waals surface area (Å²) in [5.41, 5.74) is 3.53. The van der Waals surface area contributed by atoms with E-state index >= 15 is 0 Å². The summed E-state index contributed by atoms with van der Waals surface area (Å²) in [6.07, 6.45) is 1.47. The first-order valence-corrected chi connectivity index (χ1v) is 7.40. The lowest BCUT2D eigenvalue weighted by molar-refractivity contribution is 0.0955. The molecule has 25 heavy (non-hydrogen) atoms. The standard InChI is InChI=1S/C18H20N2O5/c1-22-14-7-5-6-12(8-14)18(21)20-19-11-13-9-16(24-3)17(25-4)10-15(13)23-2/h5-11H,1-4H3,(H,20,21). The van der Waals surface area contributed by atoms with E-state index in [2.05, 4.69) is 10.5 Å². The molecule has 0 aliphatic rings. The molecule has 0 aliphatic carbocycles. The van der Waals surface area contributed by atoms with Gasteiger partial charge in [-0.1, -0.05) is 6.07 Å². The number of hydrogen-bond acceptors (Lipinski definition) is 6. The molecule has 0 atom stereocenters. The number of hydrogen-bond donors (Lipinski definition) is 1. The van der Waals surface area contributed by atoms with Crippen LogP contribution in [0.5, 0.6) is 23.0 Å². The van der Waals surface area contributed by atoms with Crippen LogP contribution in [0.15, 0.2) is 41.5 Å². The van der Waals surface area contributed by atoms with Crippen LogP contribution in [0, 0.1) is 0 Å². The molecule has 2 rings (SSSR count). The van der Waals surface area contributed by atoms with Gasteiger partial charge in [-0.3, -0.25) is 4.79 Å². The van der Waals surface area contributed by atoms with Gasteiger partial charge in [0.1, 0.15) is 11.5 Å². The van der Waals surface area contributed by atoms with Crippen LogP contribution >= 0.6 is 0 Å². The predicted molar refractivity (Wildman–Crippen MR) is 94.2 cm³/mol. The number of rotatable bonds is 7. The van der Waals surface area contributed by atoms with Crippen LogP contribution in [-0.4, -0.2) is 40.6 Å². The molecule has 7 heteroatoms. The molecule has 0 aromatic heterocycles. The maximum atomic E-state index is 12.1. The fourth-order valence-electron chi connectivity index (χ4n) is 2.14. The van der Waals surface area contributed by atoms with Gasteiger partial charge in [0.15, 0.2) is 11.5 Å². The lowest BCUT2D eigenvalue weighted by Gasteiger charge is -2.11. The Labute approximate surface area is 146 Å². The molecule has 0 unspecified atom stereocenters. The van der Waals surface area contributed by atoms with E-state index in [0.717, 1.165) is 0 Å². The molecule has 0 radical (unpaired) electrons. The molecule has 1 amide bonds. The molecule has 0 aliphatic heterocycles. The maximum absolute atomic E-state index is 12.1. The number of carbonyl (C=O) groups is 1. The number of ether oxygens (including phenoxy) is 4. The van der Waals surface area contributed by atoms with Crippen LogP contribution in [0.1, 0.15) is 15.9 Å². The first-order chi connectivity index (χ1) is 12.1. The van der Waals surface area contributed by atoms with Gasteiger partial charge >= 0.3 is 0 Å². The molecule has 2 aromatic carbocycles. The molecule has 0 saturated carbocycles. The summed E-state index contributed by atoms with van der Waals surface area (Å²) < 4.78 is 20.9. The lowest BCUT2D eigenvalue weighted by atomic mass is 10.2. The second-order valence-electron chi connectivity index (χ2n) is 4.88. The summed E-state index contributed by atoms with van der Waals surface area (Å²) in [4.78, 5) is 12.1. The molecule has 7 nitrogen and oxygen atoms in total. The summed E-state index contributed by atoms with van der Waals surface area (Å²) in [7, 11) is 6.15. The molecule has 0 bridgehead atoms. The second kappa shape index (κ2) is 8.58. The maximum Gasteiger partial charge on any atom is 0.271 e. The molecule has 0 spiro atoms. The van der Waals surface area contributed by atoms with Crippen molar-refractivity contribution >= 4 is 12.1 Å². The van der Waals surface area contributed by atoms with Crippen molar-refractivity contribution in [3.05, 3.63) is 47.5 Å². The van der Waals surface area contributed by atoms with E-state index in [1.54, 1.807) is 50.6 Å². The zero-order valence-corrected chi connectivity index (χ0v) is 14.5. The molecule has 0 heterocycles. The highest BCUT2D eigenvalue weighted by molar-refractivity contribution is 5.95. The van der Waals surface area contributed by atoms with Gasteiger partial charge in [-0.2, -0.15) is 5.10 Å². The normalized spacial score (nSPS) is 10.4. The van der Waals surface area contributed by atoms with Gasteiger partial charge in [0.2, 0.25) is 0 Å². The third kappa shape index (κ3) is 4.41. The van der Waals surface area contributed by atoms with E-state index in [4.69, 9.17) is 18.9 Å². The number of hydrazone groups is 1. The average Bonchev–Trinajstić information content (AvgIpc) is 2.67. The number of nitrogens with zero attached hydrogens (tertiary/aromatic N) is 1. The minimum Gasteiger partial charge on any atom is -0.497 e. The summed E-state index contributed by atoms with van der Waals surface area (Å²) in [6, 6.07) is 10.2. The molecule has 132 valence electrons. The van der Waals surface area contributed by atoms with E-state index in [9.17, 15) is 4.79 Å². The van der Waals surface area contributed by atoms with Gasteiger partial charge in [0, 0.05) is 17.2 Å². The zero-order valence-electron chi connectivity index (χ0n) is 14.5. The number of nitrogens with one attached hydrogen (secondary N) is 1. The highest BCUT2D eigenvalue weighted by Crippen LogP contribution is 2.33. The molecule has 2 aromatic rings. The third-order valence-corrected chi connectivity index (χ3v) is 3.44. The summed E-state index contributed by atoms with van der Waals surface area (Å²) in [5.74, 6) is 1.85. The van der Waals surface area contributed by atoms with Crippen molar-refractivity contribution in [1.29, 1.82) is 0 Å². The minimum absolute atomic E-state index is 0.352. The van der Waals surface area contributed by atoms with Crippen LogP contribution in [0.2, 0.25) is 0 Å². The fourth-order valence-corrected chi connectivity index (χ4v) is 2.14. The van der Waals surface area contributed by atoms with Crippen molar-refractivity contribution in [3.8, 4) is 23.0 Å². The number of benzene rings is 2. The molecule has 1 N–H and O–H groups in total. The van der Waals surface area contributed by atoms with Gasteiger partial charge in [-0.25, -0.2) is 5.43 Å². The Morgan fingerprint density at radius 1 is 0.920 bits per heavy atom. The van der Waals surface area contributed by atoms with Gasteiger partial charge in [-0.05, 0) is 24.3 Å². The highest BCUT2D eigenvalue weighted by atomic mass is 16.5. The minimum atomic E-state index is -0.352. The van der Waals surface area contributed by atoms with Crippen LogP contribution < -0.4 is 24.4 Å². The number of methoxy groups -OCH3 is 4. The van der Waals surface area contributed by atoms with Crippen molar-refractivity contribution in [2.75, 3.05) is 28.4 Å². The highest BCUT2D eigenvalue weighted by Gasteiger charge is 2.11. The Bertz CT molecular complexity index is 774. The average molecular weight is 344 g/mol. The quantitative estimate of drug-likeness (QED) is 0.617. The Balaban J connectivity index is 2.17. The third-order valence-electron chi connectivity index (χ3n) is 3.44. The van der Waals surface area contributed by atoms with Crippen LogP contribution in [-0.2, 0) is 0 Å². The second-order valence-corrected chi connectivity index (χ2v) is 4.88. The Hall–Kier alpha value is -3.22. The number of amides is 1. The van der Waals surface area contributed by atoms with E-state index in [1.165, 1.54) is 20.4 Å². The Kier molecular flexibility index (Phi) is 6.22. The monoisotopic (exact) mass is 344 g/mol. The predicted octanol–water partition coefficient (Wildman–Crippen LogP) is 2.48.